The number of carbonyl (C=O) groups excluding carboxylic acids is 1. The molecule has 2 fully saturated rings. The van der Waals surface area contributed by atoms with Crippen LogP contribution in [-0.2, 0) is 5.41 Å². The standard InChI is InChI=1S/C33H29F4N3O3/c34-15-33(16-35)17-42-31-26(33)12-27(40-30(31)19-3-5-22(36)6-4-19)25(18-1-2-18)14-39-32(41)21-9-20-10-23(37)13-38-29(20)28(11-21)43-24-7-8-24/h3-6,9-13,18,24-25H,1-2,7-8,14-17H2,(H,39,41). The minimum Gasteiger partial charge on any atom is -0.490 e. The first-order valence-corrected chi connectivity index (χ1v) is 14.5. The fraction of sp³-hybridized carbons (Fsp3) is 0.364. The van der Waals surface area contributed by atoms with Crippen molar-refractivity contribution < 1.29 is 31.8 Å². The van der Waals surface area contributed by atoms with Crippen LogP contribution in [0.3, 0.4) is 0 Å². The molecule has 10 heteroatoms. The van der Waals surface area contributed by atoms with Gasteiger partial charge in [0.2, 0.25) is 0 Å². The Morgan fingerprint density at radius 2 is 1.79 bits per heavy atom. The summed E-state index contributed by atoms with van der Waals surface area (Å²) >= 11 is 0. The van der Waals surface area contributed by atoms with Crippen molar-refractivity contribution >= 4 is 16.8 Å². The number of nitrogens with zero attached hydrogens (tertiary/aromatic N) is 2. The van der Waals surface area contributed by atoms with Gasteiger partial charge in [0.1, 0.15) is 54.3 Å². The Balaban J connectivity index is 1.22. The number of halogens is 4. The van der Waals surface area contributed by atoms with Gasteiger partial charge in [-0.2, -0.15) is 0 Å². The Labute approximate surface area is 245 Å². The molecule has 4 aromatic rings. The molecule has 1 unspecified atom stereocenters. The van der Waals surface area contributed by atoms with Crippen LogP contribution >= 0.6 is 0 Å². The van der Waals surface area contributed by atoms with E-state index < -0.39 is 30.4 Å². The van der Waals surface area contributed by atoms with Crippen LogP contribution in [0.2, 0.25) is 0 Å². The van der Waals surface area contributed by atoms with Gasteiger partial charge in [-0.3, -0.25) is 4.79 Å². The van der Waals surface area contributed by atoms with Crippen molar-refractivity contribution in [2.24, 2.45) is 5.92 Å². The van der Waals surface area contributed by atoms with Crippen LogP contribution in [0, 0.1) is 17.6 Å². The SMILES string of the molecule is O=C(NCC(c1cc2c(c(-c3ccc(F)cc3)n1)OCC2(CF)CF)C1CC1)c1cc(OC2CC2)c2ncc(F)cc2c1. The van der Waals surface area contributed by atoms with Gasteiger partial charge >= 0.3 is 0 Å². The summed E-state index contributed by atoms with van der Waals surface area (Å²) in [5.41, 5.74) is 1.27. The molecule has 0 radical (unpaired) electrons. The molecule has 43 heavy (non-hydrogen) atoms. The smallest absolute Gasteiger partial charge is 0.251 e. The minimum absolute atomic E-state index is 0.0542. The van der Waals surface area contributed by atoms with Crippen LogP contribution < -0.4 is 14.8 Å². The van der Waals surface area contributed by atoms with Crippen molar-refractivity contribution in [3.05, 3.63) is 83.2 Å². The predicted octanol–water partition coefficient (Wildman–Crippen LogP) is 6.61. The van der Waals surface area contributed by atoms with E-state index in [9.17, 15) is 22.4 Å². The molecule has 2 aliphatic carbocycles. The zero-order valence-electron chi connectivity index (χ0n) is 23.2. The lowest BCUT2D eigenvalue weighted by Crippen LogP contribution is -2.33. The van der Waals surface area contributed by atoms with E-state index in [4.69, 9.17) is 14.5 Å². The molecule has 0 spiro atoms. The van der Waals surface area contributed by atoms with Gasteiger partial charge in [0.05, 0.1) is 17.7 Å². The number of nitrogens with one attached hydrogen (secondary N) is 1. The summed E-state index contributed by atoms with van der Waals surface area (Å²) in [4.78, 5) is 22.5. The molecule has 0 bridgehead atoms. The van der Waals surface area contributed by atoms with E-state index in [1.54, 1.807) is 30.3 Å². The zero-order valence-corrected chi connectivity index (χ0v) is 23.2. The molecule has 1 atom stereocenters. The second-order valence-corrected chi connectivity index (χ2v) is 11.8. The number of hydrogen-bond acceptors (Lipinski definition) is 5. The van der Waals surface area contributed by atoms with E-state index in [1.165, 1.54) is 18.2 Å². The van der Waals surface area contributed by atoms with Crippen LogP contribution in [0.1, 0.15) is 53.2 Å². The van der Waals surface area contributed by atoms with Crippen molar-refractivity contribution in [3.8, 4) is 22.8 Å². The number of benzene rings is 2. The largest absolute Gasteiger partial charge is 0.490 e. The van der Waals surface area contributed by atoms with Crippen molar-refractivity contribution in [1.82, 2.24) is 15.3 Å². The maximum absolute atomic E-state index is 14.3. The monoisotopic (exact) mass is 591 g/mol. The van der Waals surface area contributed by atoms with Gasteiger partial charge in [-0.15, -0.1) is 0 Å². The zero-order chi connectivity index (χ0) is 29.7. The molecule has 1 N–H and O–H groups in total. The Kier molecular flexibility index (Phi) is 6.94. The van der Waals surface area contributed by atoms with Crippen LogP contribution in [-0.4, -0.2) is 48.5 Å². The first-order valence-electron chi connectivity index (χ1n) is 14.5. The maximum atomic E-state index is 14.3. The lowest BCUT2D eigenvalue weighted by atomic mass is 9.83. The molecule has 3 aliphatic rings. The third-order valence-corrected chi connectivity index (χ3v) is 8.53. The number of fused-ring (bicyclic) bond motifs is 2. The number of carbonyl (C=O) groups is 1. The van der Waals surface area contributed by atoms with Crippen molar-refractivity contribution in [3.63, 3.8) is 0 Å². The summed E-state index contributed by atoms with van der Waals surface area (Å²) < 4.78 is 68.2. The number of aromatic nitrogens is 2. The molecule has 0 saturated heterocycles. The number of pyridine rings is 2. The summed E-state index contributed by atoms with van der Waals surface area (Å²) in [6.07, 6.45) is 4.83. The molecule has 1 aliphatic heterocycles. The second-order valence-electron chi connectivity index (χ2n) is 11.8. The molecule has 3 heterocycles. The van der Waals surface area contributed by atoms with Crippen LogP contribution in [0.5, 0.6) is 11.5 Å². The highest BCUT2D eigenvalue weighted by molar-refractivity contribution is 6.00. The summed E-state index contributed by atoms with van der Waals surface area (Å²) in [5, 5.41) is 3.46. The van der Waals surface area contributed by atoms with Gasteiger partial charge in [0.15, 0.2) is 0 Å². The Hall–Kier alpha value is -4.21. The molecule has 6 nitrogen and oxygen atoms in total. The molecule has 1 amide bonds. The topological polar surface area (TPSA) is 73.3 Å². The first kappa shape index (κ1) is 27.6. The number of ether oxygens (including phenoxy) is 2. The quantitative estimate of drug-likeness (QED) is 0.210. The maximum Gasteiger partial charge on any atom is 0.251 e. The van der Waals surface area contributed by atoms with E-state index in [0.29, 0.717) is 50.5 Å². The van der Waals surface area contributed by atoms with Crippen molar-refractivity contribution in [2.45, 2.75) is 43.1 Å². The Bertz CT molecular complexity index is 1700. The van der Waals surface area contributed by atoms with E-state index >= 15 is 0 Å². The summed E-state index contributed by atoms with van der Waals surface area (Å²) in [5.74, 6) is -0.613. The molecule has 2 aromatic heterocycles. The summed E-state index contributed by atoms with van der Waals surface area (Å²) in [7, 11) is 0. The van der Waals surface area contributed by atoms with Gasteiger partial charge in [-0.05, 0) is 80.1 Å². The van der Waals surface area contributed by atoms with E-state index in [2.05, 4.69) is 10.3 Å². The van der Waals surface area contributed by atoms with Gasteiger partial charge in [-0.25, -0.2) is 27.5 Å². The predicted molar refractivity (Wildman–Crippen MR) is 152 cm³/mol. The fourth-order valence-electron chi connectivity index (χ4n) is 5.72. The normalized spacial score (nSPS) is 17.8. The van der Waals surface area contributed by atoms with Crippen molar-refractivity contribution in [2.75, 3.05) is 26.5 Å². The van der Waals surface area contributed by atoms with Gasteiger partial charge in [-0.1, -0.05) is 0 Å². The van der Waals surface area contributed by atoms with Crippen LogP contribution in [0.25, 0.3) is 22.2 Å². The number of rotatable bonds is 10. The highest BCUT2D eigenvalue weighted by Crippen LogP contribution is 2.48. The van der Waals surface area contributed by atoms with Crippen LogP contribution in [0.4, 0.5) is 17.6 Å². The Morgan fingerprint density at radius 3 is 2.49 bits per heavy atom. The highest BCUT2D eigenvalue weighted by atomic mass is 19.1. The van der Waals surface area contributed by atoms with Crippen molar-refractivity contribution in [1.29, 1.82) is 0 Å². The minimum atomic E-state index is -1.45. The molecule has 2 aromatic carbocycles. The Morgan fingerprint density at radius 1 is 1.02 bits per heavy atom. The van der Waals surface area contributed by atoms with E-state index in [0.717, 1.165) is 31.9 Å². The number of amides is 1. The van der Waals surface area contributed by atoms with Gasteiger partial charge in [0, 0.05) is 40.2 Å². The third-order valence-electron chi connectivity index (χ3n) is 8.53. The molecule has 2 saturated carbocycles. The molecular weight excluding hydrogens is 562 g/mol. The average Bonchev–Trinajstić information content (AvgIpc) is 3.96. The number of alkyl halides is 2. The number of hydrogen-bond donors (Lipinski definition) is 1. The average molecular weight is 592 g/mol. The molecule has 222 valence electrons. The summed E-state index contributed by atoms with van der Waals surface area (Å²) in [6.45, 7) is -1.84. The van der Waals surface area contributed by atoms with E-state index in [1.807, 2.05) is 0 Å². The first-order chi connectivity index (χ1) is 20.9. The fourth-order valence-corrected chi connectivity index (χ4v) is 5.72. The van der Waals surface area contributed by atoms with E-state index in [-0.39, 0.29) is 37.0 Å². The lowest BCUT2D eigenvalue weighted by Gasteiger charge is -2.23. The second kappa shape index (κ2) is 10.8. The van der Waals surface area contributed by atoms with Gasteiger partial charge < -0.3 is 14.8 Å². The lowest BCUT2D eigenvalue weighted by molar-refractivity contribution is 0.0949. The van der Waals surface area contributed by atoms with Crippen LogP contribution in [0.15, 0.2) is 54.7 Å². The summed E-state index contributed by atoms with van der Waals surface area (Å²) in [6, 6.07) is 11.9. The molecular formula is C33H29F4N3O3. The highest BCUT2D eigenvalue weighted by Gasteiger charge is 2.45. The third kappa shape index (κ3) is 5.28. The van der Waals surface area contributed by atoms with Gasteiger partial charge in [0.25, 0.3) is 5.91 Å². The molecule has 7 rings (SSSR count).